The van der Waals surface area contributed by atoms with E-state index in [-0.39, 0.29) is 0 Å². The van der Waals surface area contributed by atoms with E-state index < -0.39 is 0 Å². The molecular weight excluding hydrogens is 235 g/mol. The van der Waals surface area contributed by atoms with Crippen LogP contribution in [0.3, 0.4) is 0 Å². The first-order valence-corrected chi connectivity index (χ1v) is 6.09. The highest BCUT2D eigenvalue weighted by atomic mass is 16.6. The van der Waals surface area contributed by atoms with Crippen LogP contribution in [0.4, 0.5) is 0 Å². The zero-order valence-electron chi connectivity index (χ0n) is 11.4. The average molecular weight is 253 g/mol. The summed E-state index contributed by atoms with van der Waals surface area (Å²) in [4.78, 5) is 0. The fraction of sp³-hybridized carbons (Fsp3) is 0.125. The molecule has 0 bridgehead atoms. The summed E-state index contributed by atoms with van der Waals surface area (Å²) in [5.41, 5.74) is 1.83. The number of allylic oxidation sites excluding steroid dienone is 9. The van der Waals surface area contributed by atoms with E-state index >= 15 is 0 Å². The van der Waals surface area contributed by atoms with Gasteiger partial charge < -0.3 is 9.31 Å². The molecule has 0 saturated carbocycles. The van der Waals surface area contributed by atoms with Crippen molar-refractivity contribution in [3.05, 3.63) is 84.4 Å². The van der Waals surface area contributed by atoms with E-state index in [4.69, 9.17) is 9.31 Å². The first-order valence-electron chi connectivity index (χ1n) is 6.09. The molecule has 3 heteroatoms. The van der Waals surface area contributed by atoms with Crippen molar-refractivity contribution in [1.29, 1.82) is 0 Å². The smallest absolute Gasteiger partial charge is 0.526 e. The first kappa shape index (κ1) is 14.9. The van der Waals surface area contributed by atoms with Gasteiger partial charge >= 0.3 is 7.69 Å². The Morgan fingerprint density at radius 3 is 2.21 bits per heavy atom. The molecule has 1 aliphatic heterocycles. The zero-order valence-corrected chi connectivity index (χ0v) is 11.4. The Morgan fingerprint density at radius 2 is 1.63 bits per heavy atom. The molecule has 0 spiro atoms. The summed E-state index contributed by atoms with van der Waals surface area (Å²) in [6.45, 7) is 11.3. The monoisotopic (exact) mass is 253 g/mol. The molecule has 1 aliphatic rings. The molecule has 97 valence electrons. The van der Waals surface area contributed by atoms with Gasteiger partial charge in [-0.1, -0.05) is 49.6 Å². The normalized spacial score (nSPS) is 20.3. The van der Waals surface area contributed by atoms with Gasteiger partial charge in [0.25, 0.3) is 0 Å². The van der Waals surface area contributed by atoms with Crippen molar-refractivity contribution in [2.45, 2.75) is 13.8 Å². The Morgan fingerprint density at radius 1 is 0.947 bits per heavy atom. The number of rotatable bonds is 4. The van der Waals surface area contributed by atoms with Crippen molar-refractivity contribution in [3.63, 3.8) is 0 Å². The van der Waals surface area contributed by atoms with Gasteiger partial charge in [-0.05, 0) is 26.0 Å². The van der Waals surface area contributed by atoms with Crippen molar-refractivity contribution < 1.29 is 9.31 Å². The van der Waals surface area contributed by atoms with E-state index in [1.54, 1.807) is 18.2 Å². The molecule has 0 N–H and O–H groups in total. The van der Waals surface area contributed by atoms with Gasteiger partial charge in [-0.3, -0.25) is 0 Å². The van der Waals surface area contributed by atoms with Gasteiger partial charge in [-0.25, -0.2) is 0 Å². The molecule has 0 aromatic rings. The lowest BCUT2D eigenvalue weighted by Crippen LogP contribution is -2.00. The van der Waals surface area contributed by atoms with Gasteiger partial charge in [-0.15, -0.1) is 0 Å². The zero-order chi connectivity index (χ0) is 14.1. The van der Waals surface area contributed by atoms with E-state index in [1.807, 2.05) is 44.2 Å². The Hall–Kier alpha value is -2.16. The fourth-order valence-corrected chi connectivity index (χ4v) is 1.67. The van der Waals surface area contributed by atoms with E-state index in [9.17, 15) is 0 Å². The summed E-state index contributed by atoms with van der Waals surface area (Å²) in [6.07, 6.45) is 14.8. The third-order valence-electron chi connectivity index (χ3n) is 2.38. The van der Waals surface area contributed by atoms with Gasteiger partial charge in [0.05, 0.1) is 0 Å². The first-order chi connectivity index (χ1) is 9.28. The average Bonchev–Trinajstić information content (AvgIpc) is 2.54. The predicted octanol–water partition coefficient (Wildman–Crippen LogP) is 4.16. The van der Waals surface area contributed by atoms with Gasteiger partial charge in [-0.2, -0.15) is 0 Å². The molecule has 0 fully saturated rings. The highest BCUT2D eigenvalue weighted by Gasteiger charge is 2.19. The van der Waals surface area contributed by atoms with Crippen LogP contribution < -0.4 is 0 Å². The molecule has 0 unspecified atom stereocenters. The standard InChI is InChI=1S/C16H18BO2/c1-5-9-13-14(10-6-2)16(12-8-4)19-17-18-15(13)11-7-3/h5-12H,1,3H2,2,4H3/b10-6-,12-8-,13-9-,15-11+. The van der Waals surface area contributed by atoms with Gasteiger partial charge in [0, 0.05) is 11.1 Å². The predicted molar refractivity (Wildman–Crippen MR) is 81.1 cm³/mol. The van der Waals surface area contributed by atoms with Gasteiger partial charge in [0.15, 0.2) is 0 Å². The van der Waals surface area contributed by atoms with E-state index in [1.165, 1.54) is 7.69 Å². The molecule has 0 aliphatic carbocycles. The molecule has 0 aromatic heterocycles. The molecule has 19 heavy (non-hydrogen) atoms. The van der Waals surface area contributed by atoms with Crippen molar-refractivity contribution in [2.24, 2.45) is 0 Å². The van der Waals surface area contributed by atoms with Crippen LogP contribution in [-0.4, -0.2) is 7.69 Å². The van der Waals surface area contributed by atoms with Crippen LogP contribution in [0.15, 0.2) is 84.4 Å². The van der Waals surface area contributed by atoms with Crippen LogP contribution >= 0.6 is 0 Å². The Balaban J connectivity index is 3.47. The van der Waals surface area contributed by atoms with Crippen LogP contribution in [0.2, 0.25) is 0 Å². The van der Waals surface area contributed by atoms with E-state index in [0.717, 1.165) is 16.9 Å². The molecular formula is C16H18BO2. The maximum atomic E-state index is 5.51. The Bertz CT molecular complexity index is 491. The molecule has 2 nitrogen and oxygen atoms in total. The fourth-order valence-electron chi connectivity index (χ4n) is 1.67. The summed E-state index contributed by atoms with van der Waals surface area (Å²) < 4.78 is 11.0. The quantitative estimate of drug-likeness (QED) is 0.700. The second-order valence-corrected chi connectivity index (χ2v) is 3.69. The minimum atomic E-state index is 0.669. The molecule has 0 amide bonds. The molecule has 0 saturated heterocycles. The third kappa shape index (κ3) is 3.92. The molecule has 0 aromatic carbocycles. The minimum Gasteiger partial charge on any atom is -0.526 e. The van der Waals surface area contributed by atoms with E-state index in [0.29, 0.717) is 5.76 Å². The summed E-state index contributed by atoms with van der Waals surface area (Å²) in [5.74, 6) is 1.39. The van der Waals surface area contributed by atoms with Crippen LogP contribution in [0, 0.1) is 0 Å². The summed E-state index contributed by atoms with van der Waals surface area (Å²) in [5, 5.41) is 0. The van der Waals surface area contributed by atoms with Crippen LogP contribution in [0.5, 0.6) is 0 Å². The van der Waals surface area contributed by atoms with Crippen molar-refractivity contribution in [1.82, 2.24) is 0 Å². The highest BCUT2D eigenvalue weighted by Crippen LogP contribution is 2.29. The second kappa shape index (κ2) is 8.04. The van der Waals surface area contributed by atoms with Crippen molar-refractivity contribution in [2.75, 3.05) is 0 Å². The van der Waals surface area contributed by atoms with Crippen molar-refractivity contribution >= 4 is 7.69 Å². The van der Waals surface area contributed by atoms with Crippen molar-refractivity contribution in [3.8, 4) is 0 Å². The Kier molecular flexibility index (Phi) is 6.30. The summed E-state index contributed by atoms with van der Waals surface area (Å²) >= 11 is 0. The molecule has 1 radical (unpaired) electrons. The number of hydrogen-bond donors (Lipinski definition) is 0. The molecule has 1 rings (SSSR count). The summed E-state index contributed by atoms with van der Waals surface area (Å²) in [6, 6.07) is 0. The lowest BCUT2D eigenvalue weighted by Gasteiger charge is -2.10. The van der Waals surface area contributed by atoms with Crippen LogP contribution in [0.1, 0.15) is 13.8 Å². The molecule has 0 atom stereocenters. The Labute approximate surface area is 116 Å². The summed E-state index contributed by atoms with van der Waals surface area (Å²) in [7, 11) is 1.32. The largest absolute Gasteiger partial charge is 0.658 e. The van der Waals surface area contributed by atoms with Crippen LogP contribution in [-0.2, 0) is 9.31 Å². The van der Waals surface area contributed by atoms with E-state index in [2.05, 4.69) is 13.2 Å². The SMILES string of the molecule is C=C/C=C1C(/C=C\C)=C(/C=C\C)O[B]OC/1=C/C=C. The third-order valence-corrected chi connectivity index (χ3v) is 2.38. The lowest BCUT2D eigenvalue weighted by molar-refractivity contribution is 0.348. The maximum absolute atomic E-state index is 5.51. The second-order valence-electron chi connectivity index (χ2n) is 3.69. The minimum absolute atomic E-state index is 0.669. The molecule has 1 heterocycles. The van der Waals surface area contributed by atoms with Gasteiger partial charge in [0.1, 0.15) is 11.5 Å². The maximum Gasteiger partial charge on any atom is 0.658 e. The lowest BCUT2D eigenvalue weighted by atomic mass is 10.0. The number of hydrogen-bond acceptors (Lipinski definition) is 2. The van der Waals surface area contributed by atoms with Gasteiger partial charge in [0.2, 0.25) is 0 Å². The topological polar surface area (TPSA) is 18.5 Å². The highest BCUT2D eigenvalue weighted by molar-refractivity contribution is 6.19. The van der Waals surface area contributed by atoms with Crippen LogP contribution in [0.25, 0.3) is 0 Å².